The van der Waals surface area contributed by atoms with Gasteiger partial charge in [-0.3, -0.25) is 4.68 Å². The third-order valence-electron chi connectivity index (χ3n) is 6.22. The molecule has 1 aromatic carbocycles. The lowest BCUT2D eigenvalue weighted by Crippen LogP contribution is -2.54. The highest BCUT2D eigenvalue weighted by Crippen LogP contribution is 2.34. The van der Waals surface area contributed by atoms with Crippen molar-refractivity contribution in [2.75, 3.05) is 13.2 Å². The SMILES string of the molecule is Cn1cc(-c2ccc(-c3cc4cnn(C5CC6COCC(C5)N6)c4nn3)c(O)c2)cn1. The highest BCUT2D eigenvalue weighted by atomic mass is 16.5. The minimum absolute atomic E-state index is 0.161. The molecule has 4 aromatic rings. The number of aryl methyl sites for hydroxylation is 1. The zero-order valence-electron chi connectivity index (χ0n) is 17.1. The van der Waals surface area contributed by atoms with Gasteiger partial charge in [0.15, 0.2) is 5.65 Å². The Morgan fingerprint density at radius 2 is 1.87 bits per heavy atom. The lowest BCUT2D eigenvalue weighted by Gasteiger charge is -2.40. The summed E-state index contributed by atoms with van der Waals surface area (Å²) in [6.45, 7) is 1.49. The minimum Gasteiger partial charge on any atom is -0.507 e. The fourth-order valence-corrected chi connectivity index (χ4v) is 4.76. The van der Waals surface area contributed by atoms with E-state index in [1.165, 1.54) is 0 Å². The number of piperidine rings is 1. The molecule has 2 unspecified atom stereocenters. The molecule has 2 atom stereocenters. The summed E-state index contributed by atoms with van der Waals surface area (Å²) in [6, 6.07) is 8.50. The molecule has 2 aliphatic rings. The molecule has 9 nitrogen and oxygen atoms in total. The van der Waals surface area contributed by atoms with Crippen LogP contribution < -0.4 is 5.32 Å². The molecule has 2 bridgehead atoms. The van der Waals surface area contributed by atoms with Crippen molar-refractivity contribution in [2.45, 2.75) is 31.0 Å². The van der Waals surface area contributed by atoms with Gasteiger partial charge < -0.3 is 15.2 Å². The van der Waals surface area contributed by atoms with Crippen molar-refractivity contribution < 1.29 is 9.84 Å². The smallest absolute Gasteiger partial charge is 0.180 e. The molecular weight excluding hydrogens is 394 g/mol. The van der Waals surface area contributed by atoms with Gasteiger partial charge in [-0.1, -0.05) is 6.07 Å². The number of fused-ring (bicyclic) bond motifs is 3. The predicted molar refractivity (Wildman–Crippen MR) is 114 cm³/mol. The number of nitrogens with one attached hydrogen (secondary N) is 1. The lowest BCUT2D eigenvalue weighted by molar-refractivity contribution is 0.00905. The molecule has 2 aliphatic heterocycles. The van der Waals surface area contributed by atoms with Crippen LogP contribution in [-0.2, 0) is 11.8 Å². The van der Waals surface area contributed by atoms with Gasteiger partial charge in [-0.25, -0.2) is 4.68 Å². The van der Waals surface area contributed by atoms with Crippen LogP contribution in [0.3, 0.4) is 0 Å². The molecular formula is C22H23N7O2. The first-order chi connectivity index (χ1) is 15.1. The van der Waals surface area contributed by atoms with E-state index in [-0.39, 0.29) is 11.8 Å². The first-order valence-corrected chi connectivity index (χ1v) is 10.5. The standard InChI is InChI=1S/C22H23N7O2/c1-28-10-15(9-23-28)13-2-3-19(21(30)5-13)20-4-14-8-24-29(22(14)27-26-20)18-6-16-11-31-12-17(7-18)25-16/h2-5,8-10,16-18,25,30H,6-7,11-12H2,1H3. The van der Waals surface area contributed by atoms with Gasteiger partial charge in [0.25, 0.3) is 0 Å². The van der Waals surface area contributed by atoms with E-state index in [4.69, 9.17) is 4.74 Å². The molecule has 0 aliphatic carbocycles. The van der Waals surface area contributed by atoms with Gasteiger partial charge in [-0.2, -0.15) is 10.2 Å². The molecule has 31 heavy (non-hydrogen) atoms. The van der Waals surface area contributed by atoms with Crippen LogP contribution in [-0.4, -0.2) is 60.2 Å². The fourth-order valence-electron chi connectivity index (χ4n) is 4.76. The van der Waals surface area contributed by atoms with Gasteiger partial charge in [-0.05, 0) is 36.6 Å². The van der Waals surface area contributed by atoms with Crippen molar-refractivity contribution in [3.05, 3.63) is 42.9 Å². The Morgan fingerprint density at radius 1 is 1.03 bits per heavy atom. The Balaban J connectivity index is 1.31. The molecule has 3 aromatic heterocycles. The van der Waals surface area contributed by atoms with Gasteiger partial charge in [0.05, 0.1) is 37.3 Å². The van der Waals surface area contributed by atoms with E-state index in [1.807, 2.05) is 42.3 Å². The van der Waals surface area contributed by atoms with Crippen LogP contribution in [0, 0.1) is 0 Å². The van der Waals surface area contributed by atoms with Crippen LogP contribution in [0.25, 0.3) is 33.4 Å². The van der Waals surface area contributed by atoms with Crippen LogP contribution in [0.15, 0.2) is 42.9 Å². The van der Waals surface area contributed by atoms with E-state index < -0.39 is 0 Å². The molecule has 0 saturated carbocycles. The summed E-state index contributed by atoms with van der Waals surface area (Å²) in [4.78, 5) is 0. The second-order valence-electron chi connectivity index (χ2n) is 8.46. The maximum atomic E-state index is 10.7. The monoisotopic (exact) mass is 417 g/mol. The number of aromatic nitrogens is 6. The van der Waals surface area contributed by atoms with Crippen molar-refractivity contribution in [3.63, 3.8) is 0 Å². The summed E-state index contributed by atoms with van der Waals surface area (Å²) in [7, 11) is 1.87. The summed E-state index contributed by atoms with van der Waals surface area (Å²) in [6.07, 6.45) is 7.45. The zero-order valence-corrected chi connectivity index (χ0v) is 17.1. The van der Waals surface area contributed by atoms with Gasteiger partial charge in [0.2, 0.25) is 0 Å². The predicted octanol–water partition coefficient (Wildman–Crippen LogP) is 2.29. The lowest BCUT2D eigenvalue weighted by atomic mass is 9.93. The minimum atomic E-state index is 0.161. The van der Waals surface area contributed by atoms with E-state index >= 15 is 0 Å². The Hall–Kier alpha value is -3.30. The summed E-state index contributed by atoms with van der Waals surface area (Å²) in [5.41, 5.74) is 3.89. The maximum Gasteiger partial charge on any atom is 0.180 e. The average Bonchev–Trinajstić information content (AvgIpc) is 3.39. The number of phenols is 1. The first kappa shape index (κ1) is 18.5. The number of benzene rings is 1. The quantitative estimate of drug-likeness (QED) is 0.527. The Labute approximate surface area is 178 Å². The first-order valence-electron chi connectivity index (χ1n) is 10.5. The molecule has 0 spiro atoms. The molecule has 9 heteroatoms. The average molecular weight is 417 g/mol. The van der Waals surface area contributed by atoms with Crippen LogP contribution in [0.5, 0.6) is 5.75 Å². The van der Waals surface area contributed by atoms with Crippen molar-refractivity contribution in [2.24, 2.45) is 7.05 Å². The van der Waals surface area contributed by atoms with Crippen molar-refractivity contribution >= 4 is 11.0 Å². The molecule has 2 saturated heterocycles. The molecule has 2 N–H and O–H groups in total. The molecule has 0 radical (unpaired) electrons. The van der Waals surface area contributed by atoms with Crippen molar-refractivity contribution in [1.29, 1.82) is 0 Å². The number of aromatic hydroxyl groups is 1. The van der Waals surface area contributed by atoms with E-state index in [1.54, 1.807) is 16.9 Å². The van der Waals surface area contributed by atoms with Gasteiger partial charge in [0, 0.05) is 41.8 Å². The highest BCUT2D eigenvalue weighted by Gasteiger charge is 2.33. The van der Waals surface area contributed by atoms with E-state index in [0.29, 0.717) is 23.3 Å². The molecule has 158 valence electrons. The highest BCUT2D eigenvalue weighted by molar-refractivity contribution is 5.81. The third-order valence-corrected chi connectivity index (χ3v) is 6.22. The Bertz CT molecular complexity index is 1250. The molecule has 0 amide bonds. The van der Waals surface area contributed by atoms with Crippen LogP contribution in [0.4, 0.5) is 0 Å². The number of ether oxygens (including phenoxy) is 1. The Kier molecular flexibility index (Phi) is 4.25. The molecule has 6 rings (SSSR count). The number of phenolic OH excluding ortho intramolecular Hbond substituents is 1. The summed E-state index contributed by atoms with van der Waals surface area (Å²) >= 11 is 0. The second-order valence-corrected chi connectivity index (χ2v) is 8.46. The second kappa shape index (κ2) is 7.14. The summed E-state index contributed by atoms with van der Waals surface area (Å²) in [5.74, 6) is 0.161. The summed E-state index contributed by atoms with van der Waals surface area (Å²) < 4.78 is 9.39. The topological polar surface area (TPSA) is 103 Å². The van der Waals surface area contributed by atoms with Gasteiger partial charge in [0.1, 0.15) is 5.75 Å². The third kappa shape index (κ3) is 3.26. The van der Waals surface area contributed by atoms with Crippen molar-refractivity contribution in [3.8, 4) is 28.1 Å². The zero-order chi connectivity index (χ0) is 20.9. The van der Waals surface area contributed by atoms with Gasteiger partial charge in [-0.15, -0.1) is 10.2 Å². The maximum absolute atomic E-state index is 10.7. The number of rotatable bonds is 3. The largest absolute Gasteiger partial charge is 0.507 e. The number of nitrogens with zero attached hydrogens (tertiary/aromatic N) is 6. The Morgan fingerprint density at radius 3 is 2.61 bits per heavy atom. The van der Waals surface area contributed by atoms with Gasteiger partial charge >= 0.3 is 0 Å². The van der Waals surface area contributed by atoms with Crippen LogP contribution >= 0.6 is 0 Å². The normalized spacial score (nSPS) is 23.3. The number of hydrogen-bond acceptors (Lipinski definition) is 7. The molecule has 2 fully saturated rings. The number of morpholine rings is 1. The van der Waals surface area contributed by atoms with Crippen LogP contribution in [0.2, 0.25) is 0 Å². The van der Waals surface area contributed by atoms with E-state index in [2.05, 4.69) is 25.7 Å². The van der Waals surface area contributed by atoms with E-state index in [0.717, 1.165) is 48.2 Å². The molecule has 5 heterocycles. The number of hydrogen-bond donors (Lipinski definition) is 2. The van der Waals surface area contributed by atoms with Crippen LogP contribution in [0.1, 0.15) is 18.9 Å². The fraction of sp³-hybridized carbons (Fsp3) is 0.364. The van der Waals surface area contributed by atoms with Crippen molar-refractivity contribution in [1.82, 2.24) is 35.1 Å². The van der Waals surface area contributed by atoms with E-state index in [9.17, 15) is 5.11 Å². The summed E-state index contributed by atoms with van der Waals surface area (Å²) in [5, 5.41) is 32.9.